The van der Waals surface area contributed by atoms with Crippen molar-refractivity contribution in [3.05, 3.63) is 102 Å². The largest absolute Gasteiger partial charge is 0.462 e. The van der Waals surface area contributed by atoms with Crippen molar-refractivity contribution in [2.24, 2.45) is 0 Å². The Hall–Kier alpha value is -3.59. The highest BCUT2D eigenvalue weighted by Gasteiger charge is 2.52. The summed E-state index contributed by atoms with van der Waals surface area (Å²) in [5, 5.41) is 14.1. The number of carbonyl (C=O) groups is 1. The van der Waals surface area contributed by atoms with E-state index >= 15 is 0 Å². The van der Waals surface area contributed by atoms with E-state index in [2.05, 4.69) is 5.32 Å². The molecule has 0 bridgehead atoms. The van der Waals surface area contributed by atoms with Gasteiger partial charge in [-0.15, -0.1) is 0 Å². The van der Waals surface area contributed by atoms with E-state index in [1.54, 1.807) is 14.2 Å². The second-order valence-corrected chi connectivity index (χ2v) is 12.4. The summed E-state index contributed by atoms with van der Waals surface area (Å²) >= 11 is 0. The van der Waals surface area contributed by atoms with E-state index in [1.165, 1.54) is 7.11 Å². The number of amides is 1. The van der Waals surface area contributed by atoms with Gasteiger partial charge in [-0.2, -0.15) is 0 Å². The fraction of sp³-hybridized carbons (Fsp3) is 0.500. The van der Waals surface area contributed by atoms with E-state index in [-0.39, 0.29) is 6.61 Å². The predicted octanol–water partition coefficient (Wildman–Crippen LogP) is 4.40. The van der Waals surface area contributed by atoms with Gasteiger partial charge >= 0.3 is 6.09 Å². The van der Waals surface area contributed by atoms with E-state index in [4.69, 9.17) is 42.6 Å². The second-order valence-electron chi connectivity index (χ2n) is 12.4. The maximum Gasteiger partial charge on any atom is 0.407 e. The van der Waals surface area contributed by atoms with Crippen LogP contribution in [0.4, 0.5) is 4.79 Å². The summed E-state index contributed by atoms with van der Waals surface area (Å²) in [5.41, 5.74) is 2.91. The molecule has 2 heterocycles. The Morgan fingerprint density at radius 1 is 0.680 bits per heavy atom. The van der Waals surface area contributed by atoms with Crippen LogP contribution in [-0.4, -0.2) is 100 Å². The first-order valence-corrected chi connectivity index (χ1v) is 16.9. The zero-order valence-corrected chi connectivity index (χ0v) is 29.2. The molecule has 5 rings (SSSR count). The van der Waals surface area contributed by atoms with Crippen LogP contribution in [0.3, 0.4) is 0 Å². The molecular weight excluding hydrogens is 646 g/mol. The molecule has 10 atom stereocenters. The van der Waals surface area contributed by atoms with E-state index in [0.717, 1.165) is 16.7 Å². The lowest BCUT2D eigenvalue weighted by atomic mass is 9.97. The zero-order chi connectivity index (χ0) is 35.5. The Bertz CT molecular complexity index is 1430. The van der Waals surface area contributed by atoms with Gasteiger partial charge in [0.05, 0.1) is 18.8 Å². The molecule has 0 saturated carbocycles. The van der Waals surface area contributed by atoms with E-state index in [1.807, 2.05) is 98.8 Å². The highest BCUT2D eigenvalue weighted by atomic mass is 16.8. The van der Waals surface area contributed by atoms with Crippen LogP contribution in [0.5, 0.6) is 5.75 Å². The molecule has 2 fully saturated rings. The summed E-state index contributed by atoms with van der Waals surface area (Å²) in [6.07, 6.45) is -7.15. The van der Waals surface area contributed by atoms with E-state index in [0.29, 0.717) is 25.3 Å². The summed E-state index contributed by atoms with van der Waals surface area (Å²) in [5.74, 6) is 0.559. The minimum Gasteiger partial charge on any atom is -0.462 e. The molecule has 0 radical (unpaired) electrons. The van der Waals surface area contributed by atoms with Crippen molar-refractivity contribution in [2.45, 2.75) is 94.9 Å². The van der Waals surface area contributed by atoms with Gasteiger partial charge in [-0.3, -0.25) is 0 Å². The van der Waals surface area contributed by atoms with Gasteiger partial charge in [0.25, 0.3) is 0 Å². The zero-order valence-electron chi connectivity index (χ0n) is 29.2. The summed E-state index contributed by atoms with van der Waals surface area (Å²) in [4.78, 5) is 12.1. The first-order valence-electron chi connectivity index (χ1n) is 16.9. The van der Waals surface area contributed by atoms with Crippen LogP contribution in [0.1, 0.15) is 30.5 Å². The maximum absolute atomic E-state index is 12.1. The van der Waals surface area contributed by atoms with Crippen molar-refractivity contribution < 1.29 is 52.5 Å². The Morgan fingerprint density at radius 3 is 1.88 bits per heavy atom. The van der Waals surface area contributed by atoms with Gasteiger partial charge in [-0.05, 0) is 49.1 Å². The summed E-state index contributed by atoms with van der Waals surface area (Å²) < 4.78 is 54.1. The van der Waals surface area contributed by atoms with Gasteiger partial charge < -0.3 is 53.1 Å². The number of hydrogen-bond donors (Lipinski definition) is 2. The van der Waals surface area contributed by atoms with Crippen LogP contribution in [0.2, 0.25) is 0 Å². The average Bonchev–Trinajstić information content (AvgIpc) is 3.12. The van der Waals surface area contributed by atoms with Gasteiger partial charge in [0.1, 0.15) is 49.0 Å². The number of hydrogen-bond acceptors (Lipinski definition) is 11. The number of methoxy groups -OCH3 is 3. The van der Waals surface area contributed by atoms with Crippen molar-refractivity contribution in [3.8, 4) is 5.75 Å². The quantitative estimate of drug-likeness (QED) is 0.235. The number of rotatable bonds is 15. The maximum atomic E-state index is 12.1. The molecule has 0 aliphatic carbocycles. The fourth-order valence-corrected chi connectivity index (χ4v) is 6.26. The first kappa shape index (κ1) is 37.7. The van der Waals surface area contributed by atoms with Crippen LogP contribution < -0.4 is 10.1 Å². The van der Waals surface area contributed by atoms with Crippen LogP contribution in [-0.2, 0) is 57.5 Å². The third-order valence-corrected chi connectivity index (χ3v) is 8.94. The van der Waals surface area contributed by atoms with Gasteiger partial charge in [-0.1, -0.05) is 72.8 Å². The molecule has 2 saturated heterocycles. The highest BCUT2D eigenvalue weighted by molar-refractivity contribution is 5.67. The Morgan fingerprint density at radius 2 is 1.26 bits per heavy atom. The number of aliphatic hydroxyl groups is 1. The van der Waals surface area contributed by atoms with Gasteiger partial charge in [0.2, 0.25) is 6.29 Å². The third-order valence-electron chi connectivity index (χ3n) is 8.94. The van der Waals surface area contributed by atoms with Gasteiger partial charge in [0, 0.05) is 27.9 Å². The SMILES string of the molecule is CO[C@@H]1[C@@H](O[C@@H]2O[C@@H](C)[C@H](OCc3ccccc3)[C@@H](O)[C@H]2OC)[C@@H](OC)[C@H](Oc2ccc(CCNC(=O)OCc3ccccc3)cc2)O[C@H]1C. The predicted molar refractivity (Wildman–Crippen MR) is 182 cm³/mol. The number of ether oxygens (including phenoxy) is 9. The van der Waals surface area contributed by atoms with Gasteiger partial charge in [0.15, 0.2) is 6.29 Å². The van der Waals surface area contributed by atoms with Crippen LogP contribution in [0, 0.1) is 0 Å². The molecule has 2 N–H and O–H groups in total. The molecule has 50 heavy (non-hydrogen) atoms. The molecule has 3 aromatic carbocycles. The normalized spacial score (nSPS) is 29.6. The number of benzene rings is 3. The van der Waals surface area contributed by atoms with Crippen LogP contribution in [0.25, 0.3) is 0 Å². The third kappa shape index (κ3) is 9.80. The fourth-order valence-electron chi connectivity index (χ4n) is 6.26. The minimum absolute atomic E-state index is 0.215. The highest BCUT2D eigenvalue weighted by Crippen LogP contribution is 2.34. The molecule has 0 unspecified atom stereocenters. The lowest BCUT2D eigenvalue weighted by molar-refractivity contribution is -0.355. The Labute approximate surface area is 293 Å². The Balaban J connectivity index is 1.17. The molecule has 3 aromatic rings. The van der Waals surface area contributed by atoms with Crippen molar-refractivity contribution in [1.82, 2.24) is 5.32 Å². The molecule has 272 valence electrons. The summed E-state index contributed by atoms with van der Waals surface area (Å²) in [6, 6.07) is 26.8. The lowest BCUT2D eigenvalue weighted by Crippen LogP contribution is -2.65. The number of alkyl carbamates (subject to hydrolysis) is 1. The standard InChI is InChI=1S/C38H49NO11/c1-24-31(45-22-27-12-8-6-9-13-27)30(40)33(43-4)36(47-24)50-34-32(42-3)25(2)48-37(35(34)44-5)49-29-18-16-26(17-19-29)20-21-39-38(41)46-23-28-14-10-7-11-15-28/h6-19,24-25,30-37,40H,20-23H2,1-5H3,(H,39,41)/t24-,25-,30+,31-,32-,33+,34+,35+,36-,37-/m0/s1. The van der Waals surface area contributed by atoms with Crippen molar-refractivity contribution >= 4 is 6.09 Å². The molecule has 0 aromatic heterocycles. The molecular formula is C38H49NO11. The monoisotopic (exact) mass is 695 g/mol. The first-order chi connectivity index (χ1) is 24.3. The van der Waals surface area contributed by atoms with E-state index < -0.39 is 67.5 Å². The lowest BCUT2D eigenvalue weighted by Gasteiger charge is -2.48. The molecule has 12 nitrogen and oxygen atoms in total. The molecule has 12 heteroatoms. The van der Waals surface area contributed by atoms with Crippen molar-refractivity contribution in [2.75, 3.05) is 27.9 Å². The average molecular weight is 696 g/mol. The number of aliphatic hydroxyl groups excluding tert-OH is 1. The van der Waals surface area contributed by atoms with Gasteiger partial charge in [-0.25, -0.2) is 4.79 Å². The topological polar surface area (TPSA) is 132 Å². The van der Waals surface area contributed by atoms with Crippen molar-refractivity contribution in [3.63, 3.8) is 0 Å². The summed E-state index contributed by atoms with van der Waals surface area (Å²) in [7, 11) is 4.62. The van der Waals surface area contributed by atoms with E-state index in [9.17, 15) is 9.90 Å². The van der Waals surface area contributed by atoms with Crippen molar-refractivity contribution in [1.29, 1.82) is 0 Å². The number of nitrogens with one attached hydrogen (secondary N) is 1. The smallest absolute Gasteiger partial charge is 0.407 e. The summed E-state index contributed by atoms with van der Waals surface area (Å²) in [6.45, 7) is 4.65. The second kappa shape index (κ2) is 18.6. The minimum atomic E-state index is -1.03. The van der Waals surface area contributed by atoms with Crippen LogP contribution >= 0.6 is 0 Å². The molecule has 2 aliphatic heterocycles. The number of carbonyl (C=O) groups excluding carboxylic acids is 1. The molecule has 1 amide bonds. The Kier molecular flexibility index (Phi) is 14.0. The van der Waals surface area contributed by atoms with Crippen LogP contribution in [0.15, 0.2) is 84.9 Å². The molecule has 0 spiro atoms. The molecule has 2 aliphatic rings.